The van der Waals surface area contributed by atoms with Crippen LogP contribution in [0.3, 0.4) is 0 Å². The van der Waals surface area contributed by atoms with Gasteiger partial charge < -0.3 is 0 Å². The van der Waals surface area contributed by atoms with Gasteiger partial charge in [-0.1, -0.05) is 42.7 Å². The first-order chi connectivity index (χ1) is 12.3. The number of hydrogen-bond donors (Lipinski definition) is 0. The lowest BCUT2D eigenvalue weighted by molar-refractivity contribution is 0.327. The van der Waals surface area contributed by atoms with Gasteiger partial charge in [0.15, 0.2) is 0 Å². The van der Waals surface area contributed by atoms with Crippen molar-refractivity contribution in [3.63, 3.8) is 0 Å². The number of aryl methyl sites for hydroxylation is 3. The number of rotatable bonds is 3. The summed E-state index contributed by atoms with van der Waals surface area (Å²) in [6.45, 7) is 6.14. The molecule has 1 heterocycles. The molecule has 1 fully saturated rings. The summed E-state index contributed by atoms with van der Waals surface area (Å²) in [6, 6.07) is 9.85. The Kier molecular flexibility index (Phi) is 5.49. The normalized spacial score (nSPS) is 19.3. The topological polar surface area (TPSA) is 37.4 Å². The Morgan fingerprint density at radius 1 is 1.00 bits per heavy atom. The minimum absolute atomic E-state index is 0.321. The van der Waals surface area contributed by atoms with Gasteiger partial charge >= 0.3 is 0 Å². The summed E-state index contributed by atoms with van der Waals surface area (Å²) < 4.78 is 42.6. The highest BCUT2D eigenvalue weighted by molar-refractivity contribution is 7.89. The second kappa shape index (κ2) is 7.49. The summed E-state index contributed by atoms with van der Waals surface area (Å²) in [7, 11) is -3.66. The van der Waals surface area contributed by atoms with Gasteiger partial charge in [0.05, 0.1) is 10.9 Å². The van der Waals surface area contributed by atoms with Gasteiger partial charge in [0.1, 0.15) is 5.82 Å². The van der Waals surface area contributed by atoms with E-state index in [4.69, 9.17) is 0 Å². The van der Waals surface area contributed by atoms with Gasteiger partial charge in [0.25, 0.3) is 0 Å². The molecule has 0 aromatic heterocycles. The molecule has 0 saturated carbocycles. The van der Waals surface area contributed by atoms with Crippen molar-refractivity contribution in [2.24, 2.45) is 0 Å². The molecule has 3 nitrogen and oxygen atoms in total. The highest BCUT2D eigenvalue weighted by atomic mass is 32.2. The van der Waals surface area contributed by atoms with Crippen LogP contribution >= 0.6 is 0 Å². The molecule has 0 spiro atoms. The lowest BCUT2D eigenvalue weighted by atomic mass is 10.0. The van der Waals surface area contributed by atoms with Crippen LogP contribution in [0, 0.1) is 26.6 Å². The Hall–Kier alpha value is -1.72. The van der Waals surface area contributed by atoms with Crippen molar-refractivity contribution < 1.29 is 12.8 Å². The Bertz CT molecular complexity index is 885. The molecular weight excluding hydrogens is 349 g/mol. The van der Waals surface area contributed by atoms with Crippen molar-refractivity contribution in [1.29, 1.82) is 0 Å². The Morgan fingerprint density at radius 3 is 2.35 bits per heavy atom. The fraction of sp³-hybridized carbons (Fsp3) is 0.429. The van der Waals surface area contributed by atoms with E-state index in [-0.39, 0.29) is 11.9 Å². The molecule has 0 radical (unpaired) electrons. The van der Waals surface area contributed by atoms with E-state index in [9.17, 15) is 12.8 Å². The van der Waals surface area contributed by atoms with Crippen LogP contribution < -0.4 is 0 Å². The molecule has 2 aromatic rings. The zero-order valence-electron chi connectivity index (χ0n) is 15.6. The minimum atomic E-state index is -3.66. The SMILES string of the molecule is Cc1cc(C)c(S(=O)(=O)N2CCCCC[C@@H]2c2cccc(F)c2)c(C)c1. The molecule has 26 heavy (non-hydrogen) atoms. The number of sulfonamides is 1. The van der Waals surface area contributed by atoms with Crippen LogP contribution in [-0.4, -0.2) is 19.3 Å². The van der Waals surface area contributed by atoms with Gasteiger partial charge in [-0.25, -0.2) is 12.8 Å². The maximum Gasteiger partial charge on any atom is 0.244 e. The largest absolute Gasteiger partial charge is 0.244 e. The molecule has 1 aliphatic heterocycles. The van der Waals surface area contributed by atoms with Gasteiger partial charge in [0.2, 0.25) is 10.0 Å². The van der Waals surface area contributed by atoms with Crippen molar-refractivity contribution in [3.8, 4) is 0 Å². The molecule has 1 aliphatic rings. The summed E-state index contributed by atoms with van der Waals surface area (Å²) in [5, 5.41) is 0. The van der Waals surface area contributed by atoms with Crippen molar-refractivity contribution in [1.82, 2.24) is 4.31 Å². The summed E-state index contributed by atoms with van der Waals surface area (Å²) in [6.07, 6.45) is 3.48. The molecule has 0 unspecified atom stereocenters. The van der Waals surface area contributed by atoms with Crippen molar-refractivity contribution >= 4 is 10.0 Å². The molecule has 0 bridgehead atoms. The van der Waals surface area contributed by atoms with E-state index in [1.54, 1.807) is 10.4 Å². The third kappa shape index (κ3) is 3.69. The second-order valence-electron chi connectivity index (χ2n) is 7.26. The molecule has 3 rings (SSSR count). The molecule has 5 heteroatoms. The highest BCUT2D eigenvalue weighted by Crippen LogP contribution is 2.36. The summed E-state index contributed by atoms with van der Waals surface area (Å²) in [5.41, 5.74) is 3.32. The van der Waals surface area contributed by atoms with Crippen LogP contribution in [0.15, 0.2) is 41.3 Å². The van der Waals surface area contributed by atoms with Gasteiger partial charge in [-0.15, -0.1) is 0 Å². The highest BCUT2D eigenvalue weighted by Gasteiger charge is 2.35. The fourth-order valence-corrected chi connectivity index (χ4v) is 6.21. The van der Waals surface area contributed by atoms with Crippen LogP contribution in [0.2, 0.25) is 0 Å². The number of nitrogens with zero attached hydrogens (tertiary/aromatic N) is 1. The monoisotopic (exact) mass is 375 g/mol. The second-order valence-corrected chi connectivity index (χ2v) is 9.09. The fourth-order valence-electron chi connectivity index (χ4n) is 4.11. The van der Waals surface area contributed by atoms with Crippen LogP contribution in [0.1, 0.15) is 54.0 Å². The van der Waals surface area contributed by atoms with E-state index < -0.39 is 10.0 Å². The maximum atomic E-state index is 13.8. The van der Waals surface area contributed by atoms with E-state index in [0.29, 0.717) is 17.9 Å². The number of benzene rings is 2. The standard InChI is InChI=1S/C21H26FNO2S/c1-15-12-16(2)21(17(3)13-15)26(24,25)23-11-6-4-5-10-20(23)18-8-7-9-19(22)14-18/h7-9,12-14,20H,4-6,10-11H2,1-3H3/t20-/m1/s1. The average molecular weight is 376 g/mol. The molecule has 140 valence electrons. The molecule has 0 N–H and O–H groups in total. The number of halogens is 1. The van der Waals surface area contributed by atoms with Gasteiger partial charge in [0, 0.05) is 6.54 Å². The molecule has 1 saturated heterocycles. The first-order valence-corrected chi connectivity index (χ1v) is 10.6. The van der Waals surface area contributed by atoms with E-state index >= 15 is 0 Å². The zero-order chi connectivity index (χ0) is 18.9. The first kappa shape index (κ1) is 19.1. The van der Waals surface area contributed by atoms with E-state index in [1.807, 2.05) is 39.0 Å². The maximum absolute atomic E-state index is 13.8. The van der Waals surface area contributed by atoms with Crippen LogP contribution in [0.25, 0.3) is 0 Å². The first-order valence-electron chi connectivity index (χ1n) is 9.16. The van der Waals surface area contributed by atoms with E-state index in [2.05, 4.69) is 0 Å². The molecule has 1 atom stereocenters. The predicted octanol–water partition coefficient (Wildman–Crippen LogP) is 5.06. The third-order valence-electron chi connectivity index (χ3n) is 5.11. The van der Waals surface area contributed by atoms with Crippen molar-refractivity contribution in [2.75, 3.05) is 6.54 Å². The lowest BCUT2D eigenvalue weighted by Crippen LogP contribution is -2.35. The van der Waals surface area contributed by atoms with E-state index in [1.165, 1.54) is 12.1 Å². The minimum Gasteiger partial charge on any atom is -0.207 e. The summed E-state index contributed by atoms with van der Waals surface area (Å²) in [5.74, 6) is -0.327. The zero-order valence-corrected chi connectivity index (χ0v) is 16.4. The van der Waals surface area contributed by atoms with Gasteiger partial charge in [-0.05, 0) is 62.4 Å². The summed E-state index contributed by atoms with van der Waals surface area (Å²) >= 11 is 0. The third-order valence-corrected chi connectivity index (χ3v) is 7.32. The van der Waals surface area contributed by atoms with Crippen molar-refractivity contribution in [2.45, 2.75) is 57.4 Å². The Balaban J connectivity index is 2.11. The quantitative estimate of drug-likeness (QED) is 0.752. The van der Waals surface area contributed by atoms with Crippen LogP contribution in [0.5, 0.6) is 0 Å². The Labute approximate surface area is 155 Å². The molecule has 2 aromatic carbocycles. The number of hydrogen-bond acceptors (Lipinski definition) is 2. The smallest absolute Gasteiger partial charge is 0.207 e. The van der Waals surface area contributed by atoms with Gasteiger partial charge in [-0.2, -0.15) is 4.31 Å². The molecule has 0 amide bonds. The molecule has 0 aliphatic carbocycles. The van der Waals surface area contributed by atoms with Crippen LogP contribution in [0.4, 0.5) is 4.39 Å². The van der Waals surface area contributed by atoms with E-state index in [0.717, 1.165) is 41.5 Å². The Morgan fingerprint density at radius 2 is 1.69 bits per heavy atom. The van der Waals surface area contributed by atoms with Gasteiger partial charge in [-0.3, -0.25) is 0 Å². The average Bonchev–Trinajstić information content (AvgIpc) is 2.80. The lowest BCUT2D eigenvalue weighted by Gasteiger charge is -2.31. The predicted molar refractivity (Wildman–Crippen MR) is 102 cm³/mol. The molecular formula is C21H26FNO2S. The van der Waals surface area contributed by atoms with Crippen molar-refractivity contribution in [3.05, 3.63) is 64.5 Å². The van der Waals surface area contributed by atoms with Crippen LogP contribution in [-0.2, 0) is 10.0 Å². The summed E-state index contributed by atoms with van der Waals surface area (Å²) in [4.78, 5) is 0.395.